The highest BCUT2D eigenvalue weighted by atomic mass is 19.4. The van der Waals surface area contributed by atoms with Gasteiger partial charge in [-0.15, -0.1) is 0 Å². The van der Waals surface area contributed by atoms with Crippen LogP contribution in [0.1, 0.15) is 22.0 Å². The van der Waals surface area contributed by atoms with Crippen LogP contribution in [0.4, 0.5) is 13.2 Å². The van der Waals surface area contributed by atoms with Crippen molar-refractivity contribution in [2.45, 2.75) is 12.2 Å². The van der Waals surface area contributed by atoms with Crippen molar-refractivity contribution in [3.05, 3.63) is 71.8 Å². The molecule has 2 aromatic carbocycles. The molecule has 1 unspecified atom stereocenters. The number of hydrogen-bond donors (Lipinski definition) is 1. The van der Waals surface area contributed by atoms with Crippen molar-refractivity contribution < 1.29 is 18.0 Å². The largest absolute Gasteiger partial charge is 0.412 e. The van der Waals surface area contributed by atoms with Crippen molar-refractivity contribution in [1.82, 2.24) is 5.32 Å². The quantitative estimate of drug-likeness (QED) is 0.911. The summed E-state index contributed by atoms with van der Waals surface area (Å²) in [5.41, 5.74) is 0.196. The van der Waals surface area contributed by atoms with Crippen LogP contribution in [0, 0.1) is 0 Å². The van der Waals surface area contributed by atoms with E-state index in [1.54, 1.807) is 24.3 Å². The van der Waals surface area contributed by atoms with Crippen molar-refractivity contribution >= 4 is 5.91 Å². The van der Waals surface area contributed by atoms with Gasteiger partial charge in [-0.05, 0) is 17.7 Å². The summed E-state index contributed by atoms with van der Waals surface area (Å²) in [6.45, 7) is 0. The van der Waals surface area contributed by atoms with Crippen LogP contribution in [0.15, 0.2) is 60.7 Å². The minimum Gasteiger partial charge on any atom is -0.337 e. The summed E-state index contributed by atoms with van der Waals surface area (Å²) in [6, 6.07) is 13.1. The predicted molar refractivity (Wildman–Crippen MR) is 69.1 cm³/mol. The zero-order valence-corrected chi connectivity index (χ0v) is 10.4. The van der Waals surface area contributed by atoms with E-state index in [1.165, 1.54) is 36.4 Å². The van der Waals surface area contributed by atoms with Crippen molar-refractivity contribution in [1.29, 1.82) is 0 Å². The van der Waals surface area contributed by atoms with Gasteiger partial charge in [-0.25, -0.2) is 0 Å². The number of nitrogens with one attached hydrogen (secondary N) is 1. The van der Waals surface area contributed by atoms with E-state index in [9.17, 15) is 18.0 Å². The fourth-order valence-corrected chi connectivity index (χ4v) is 1.80. The summed E-state index contributed by atoms with van der Waals surface area (Å²) in [4.78, 5) is 11.9. The molecule has 1 N–H and O–H groups in total. The van der Waals surface area contributed by atoms with Gasteiger partial charge in [0.25, 0.3) is 5.91 Å². The Morgan fingerprint density at radius 1 is 0.900 bits per heavy atom. The van der Waals surface area contributed by atoms with Crippen molar-refractivity contribution in [3.63, 3.8) is 0 Å². The summed E-state index contributed by atoms with van der Waals surface area (Å²) in [7, 11) is 0. The van der Waals surface area contributed by atoms with Crippen LogP contribution in [-0.2, 0) is 0 Å². The number of hydrogen-bond acceptors (Lipinski definition) is 1. The van der Waals surface area contributed by atoms with Gasteiger partial charge in [-0.1, -0.05) is 48.5 Å². The number of alkyl halides is 3. The summed E-state index contributed by atoms with van der Waals surface area (Å²) in [6.07, 6.45) is -4.55. The Hall–Kier alpha value is -2.30. The number of amides is 1. The first-order valence-electron chi connectivity index (χ1n) is 5.96. The second kappa shape index (κ2) is 5.77. The Balaban J connectivity index is 2.24. The third-order valence-corrected chi connectivity index (χ3v) is 2.77. The zero-order chi connectivity index (χ0) is 14.6. The van der Waals surface area contributed by atoms with Gasteiger partial charge >= 0.3 is 6.18 Å². The van der Waals surface area contributed by atoms with Gasteiger partial charge in [0.2, 0.25) is 0 Å². The topological polar surface area (TPSA) is 29.1 Å². The molecule has 1 atom stereocenters. The van der Waals surface area contributed by atoms with E-state index in [-0.39, 0.29) is 11.1 Å². The zero-order valence-electron chi connectivity index (χ0n) is 10.4. The Morgan fingerprint density at radius 3 is 1.90 bits per heavy atom. The highest BCUT2D eigenvalue weighted by Gasteiger charge is 2.41. The van der Waals surface area contributed by atoms with Crippen LogP contribution in [0.3, 0.4) is 0 Å². The third kappa shape index (κ3) is 3.38. The molecule has 0 bridgehead atoms. The molecule has 0 saturated heterocycles. The molecule has 0 aliphatic carbocycles. The average molecular weight is 279 g/mol. The molecule has 0 aliphatic heterocycles. The van der Waals surface area contributed by atoms with Crippen molar-refractivity contribution in [2.24, 2.45) is 0 Å². The molecule has 1 amide bonds. The van der Waals surface area contributed by atoms with Gasteiger partial charge in [0, 0.05) is 5.56 Å². The summed E-state index contributed by atoms with van der Waals surface area (Å²) < 4.78 is 39.2. The van der Waals surface area contributed by atoms with Gasteiger partial charge in [-0.3, -0.25) is 4.79 Å². The van der Waals surface area contributed by atoms with E-state index in [4.69, 9.17) is 0 Å². The fraction of sp³-hybridized carbons (Fsp3) is 0.133. The van der Waals surface area contributed by atoms with Crippen LogP contribution in [0.5, 0.6) is 0 Å². The Kier molecular flexibility index (Phi) is 4.08. The van der Waals surface area contributed by atoms with Crippen LogP contribution in [0.25, 0.3) is 0 Å². The molecule has 0 aromatic heterocycles. The normalized spacial score (nSPS) is 12.8. The van der Waals surface area contributed by atoms with Crippen molar-refractivity contribution in [3.8, 4) is 0 Å². The molecule has 20 heavy (non-hydrogen) atoms. The van der Waals surface area contributed by atoms with E-state index in [0.29, 0.717) is 0 Å². The number of carbonyl (C=O) groups excluding carboxylic acids is 1. The molecule has 2 aromatic rings. The molecule has 0 fully saturated rings. The molecule has 2 rings (SSSR count). The molecular formula is C15H12F3NO. The molecule has 0 radical (unpaired) electrons. The molecular weight excluding hydrogens is 267 g/mol. The lowest BCUT2D eigenvalue weighted by molar-refractivity contribution is -0.155. The van der Waals surface area contributed by atoms with E-state index >= 15 is 0 Å². The molecule has 104 valence electrons. The van der Waals surface area contributed by atoms with Gasteiger partial charge < -0.3 is 5.32 Å². The Morgan fingerprint density at radius 2 is 1.40 bits per heavy atom. The van der Waals surface area contributed by atoms with Crippen LogP contribution >= 0.6 is 0 Å². The number of rotatable bonds is 3. The van der Waals surface area contributed by atoms with Crippen LogP contribution < -0.4 is 5.32 Å². The fourth-order valence-electron chi connectivity index (χ4n) is 1.80. The lowest BCUT2D eigenvalue weighted by Gasteiger charge is -2.22. The van der Waals surface area contributed by atoms with Crippen LogP contribution in [0.2, 0.25) is 0 Å². The first-order valence-corrected chi connectivity index (χ1v) is 5.96. The minimum atomic E-state index is -4.55. The first kappa shape index (κ1) is 14.1. The minimum absolute atomic E-state index is 0.00396. The smallest absolute Gasteiger partial charge is 0.337 e. The van der Waals surface area contributed by atoms with E-state index in [2.05, 4.69) is 0 Å². The summed E-state index contributed by atoms with van der Waals surface area (Å²) >= 11 is 0. The standard InChI is InChI=1S/C15H12F3NO/c16-15(17,18)13(11-7-3-1-4-8-11)19-14(20)12-9-5-2-6-10-12/h1-10,13H,(H,19,20). The predicted octanol–water partition coefficient (Wildman–Crippen LogP) is 3.72. The maximum absolute atomic E-state index is 13.1. The second-order valence-electron chi connectivity index (χ2n) is 4.22. The highest BCUT2D eigenvalue weighted by molar-refractivity contribution is 5.94. The van der Waals surface area contributed by atoms with E-state index in [1.807, 2.05) is 5.32 Å². The number of carbonyl (C=O) groups is 1. The van der Waals surface area contributed by atoms with Gasteiger partial charge in [0.1, 0.15) is 0 Å². The van der Waals surface area contributed by atoms with E-state index in [0.717, 1.165) is 0 Å². The maximum atomic E-state index is 13.1. The van der Waals surface area contributed by atoms with Gasteiger partial charge in [0.15, 0.2) is 6.04 Å². The SMILES string of the molecule is O=C(NC(c1ccccc1)C(F)(F)F)c1ccccc1. The van der Waals surface area contributed by atoms with E-state index < -0.39 is 18.1 Å². The third-order valence-electron chi connectivity index (χ3n) is 2.77. The average Bonchev–Trinajstić information content (AvgIpc) is 2.45. The van der Waals surface area contributed by atoms with Crippen LogP contribution in [-0.4, -0.2) is 12.1 Å². The number of benzene rings is 2. The maximum Gasteiger partial charge on any atom is 0.412 e. The first-order chi connectivity index (χ1) is 9.48. The van der Waals surface area contributed by atoms with Gasteiger partial charge in [0.05, 0.1) is 0 Å². The molecule has 0 saturated carbocycles. The second-order valence-corrected chi connectivity index (χ2v) is 4.22. The Bertz CT molecular complexity index is 567. The lowest BCUT2D eigenvalue weighted by atomic mass is 10.1. The summed E-state index contributed by atoms with van der Waals surface area (Å²) in [5.74, 6) is -0.753. The molecule has 0 spiro atoms. The van der Waals surface area contributed by atoms with Gasteiger partial charge in [-0.2, -0.15) is 13.2 Å². The monoisotopic (exact) mass is 279 g/mol. The highest BCUT2D eigenvalue weighted by Crippen LogP contribution is 2.32. The molecule has 5 heteroatoms. The number of halogens is 3. The Labute approximate surface area is 114 Å². The van der Waals surface area contributed by atoms with Crippen molar-refractivity contribution in [2.75, 3.05) is 0 Å². The molecule has 0 aliphatic rings. The molecule has 0 heterocycles. The lowest BCUT2D eigenvalue weighted by Crippen LogP contribution is -2.38. The molecule has 2 nitrogen and oxygen atoms in total. The summed E-state index contributed by atoms with van der Waals surface area (Å²) in [5, 5.41) is 2.03.